The highest BCUT2D eigenvalue weighted by atomic mass is 35.5. The monoisotopic (exact) mass is 289 g/mol. The molecule has 2 aromatic rings. The van der Waals surface area contributed by atoms with Crippen molar-refractivity contribution in [2.24, 2.45) is 4.99 Å². The minimum Gasteiger partial charge on any atom is -0.314 e. The van der Waals surface area contributed by atoms with Crippen LogP contribution in [0.1, 0.15) is 25.1 Å². The van der Waals surface area contributed by atoms with E-state index in [0.29, 0.717) is 11.5 Å². The fourth-order valence-corrected chi connectivity index (χ4v) is 2.33. The second kappa shape index (κ2) is 5.05. The van der Waals surface area contributed by atoms with Gasteiger partial charge in [0.1, 0.15) is 17.5 Å². The Balaban J connectivity index is 2.04. The molecule has 7 heteroatoms. The van der Waals surface area contributed by atoms with Crippen molar-refractivity contribution in [3.05, 3.63) is 36.0 Å². The van der Waals surface area contributed by atoms with Gasteiger partial charge >= 0.3 is 0 Å². The van der Waals surface area contributed by atoms with Crippen molar-refractivity contribution in [2.45, 2.75) is 19.4 Å². The maximum absolute atomic E-state index is 11.3. The van der Waals surface area contributed by atoms with Crippen LogP contribution in [-0.2, 0) is 4.79 Å². The van der Waals surface area contributed by atoms with Crippen LogP contribution >= 0.6 is 11.6 Å². The first-order chi connectivity index (χ1) is 9.65. The second-order valence-corrected chi connectivity index (χ2v) is 4.90. The number of carbonyl (C=O) groups excluding carboxylic acids is 1. The molecule has 1 unspecified atom stereocenters. The lowest BCUT2D eigenvalue weighted by molar-refractivity contribution is -0.117. The molecule has 3 rings (SSSR count). The Morgan fingerprint density at radius 3 is 2.85 bits per heavy atom. The molecule has 1 aliphatic rings. The molecule has 102 valence electrons. The number of amidine groups is 1. The van der Waals surface area contributed by atoms with Crippen molar-refractivity contribution < 1.29 is 4.79 Å². The minimum atomic E-state index is -0.381. The zero-order valence-corrected chi connectivity index (χ0v) is 11.5. The van der Waals surface area contributed by atoms with Crippen molar-refractivity contribution in [3.63, 3.8) is 0 Å². The first kappa shape index (κ1) is 12.8. The lowest BCUT2D eigenvalue weighted by Gasteiger charge is -2.18. The third-order valence-electron chi connectivity index (χ3n) is 2.98. The number of aliphatic imine (C=N–C) groups is 1. The molecular weight excluding hydrogens is 278 g/mol. The summed E-state index contributed by atoms with van der Waals surface area (Å²) in [4.78, 5) is 15.5. The van der Waals surface area contributed by atoms with E-state index in [1.807, 2.05) is 30.3 Å². The number of nitrogens with one attached hydrogen (secondary N) is 1. The summed E-state index contributed by atoms with van der Waals surface area (Å²) in [5, 5.41) is 11.4. The number of anilines is 1. The van der Waals surface area contributed by atoms with E-state index in [1.165, 1.54) is 6.92 Å². The molecule has 2 heterocycles. The number of aromatic nitrogens is 3. The number of fused-ring (bicyclic) bond motifs is 1. The Kier molecular flexibility index (Phi) is 3.23. The third kappa shape index (κ3) is 2.30. The normalized spacial score (nSPS) is 17.1. The molecule has 0 amide bonds. The van der Waals surface area contributed by atoms with Gasteiger partial charge in [-0.15, -0.1) is 5.10 Å². The van der Waals surface area contributed by atoms with Crippen molar-refractivity contribution in [1.29, 1.82) is 0 Å². The lowest BCUT2D eigenvalue weighted by Crippen LogP contribution is -2.19. The maximum Gasteiger partial charge on any atom is 0.197 e. The Hall–Kier alpha value is -2.21. The lowest BCUT2D eigenvalue weighted by atomic mass is 10.1. The van der Waals surface area contributed by atoms with Crippen LogP contribution in [-0.4, -0.2) is 26.1 Å². The largest absolute Gasteiger partial charge is 0.314 e. The number of Topliss-reactive ketones (excluding diaryl/α,β-unsaturated/α-hetero) is 1. The van der Waals surface area contributed by atoms with Gasteiger partial charge in [0, 0.05) is 6.42 Å². The standard InChI is InChI=1S/C13H12ClN5O/c1-8(20)7-10-11-12(16-13(14)15-10)19(18-17-11)9-5-3-2-4-6-9/h2-6,10H,7H2,1H3,(H,15,16). The predicted molar refractivity (Wildman–Crippen MR) is 76.3 cm³/mol. The number of para-hydroxylation sites is 1. The highest BCUT2D eigenvalue weighted by molar-refractivity contribution is 6.67. The van der Waals surface area contributed by atoms with Crippen molar-refractivity contribution in [3.8, 4) is 5.69 Å². The number of nitrogens with zero attached hydrogens (tertiary/aromatic N) is 4. The molecular formula is C13H12ClN5O. The van der Waals surface area contributed by atoms with Crippen LogP contribution in [0, 0.1) is 0 Å². The summed E-state index contributed by atoms with van der Waals surface area (Å²) in [5.41, 5.74) is 1.50. The molecule has 1 atom stereocenters. The van der Waals surface area contributed by atoms with Gasteiger partial charge in [0.05, 0.1) is 5.69 Å². The molecule has 1 N–H and O–H groups in total. The Bertz CT molecular complexity index is 679. The van der Waals surface area contributed by atoms with Crippen molar-refractivity contribution >= 4 is 28.5 Å². The zero-order valence-electron chi connectivity index (χ0n) is 10.7. The molecule has 6 nitrogen and oxygen atoms in total. The number of hydrogen-bond donors (Lipinski definition) is 1. The molecule has 1 aromatic heterocycles. The van der Waals surface area contributed by atoms with Crippen LogP contribution < -0.4 is 5.32 Å². The number of hydrogen-bond acceptors (Lipinski definition) is 5. The molecule has 0 bridgehead atoms. The Morgan fingerprint density at radius 1 is 1.40 bits per heavy atom. The molecule has 0 fully saturated rings. The first-order valence-electron chi connectivity index (χ1n) is 6.16. The predicted octanol–water partition coefficient (Wildman–Crippen LogP) is 2.31. The molecule has 1 aromatic carbocycles. The van der Waals surface area contributed by atoms with Gasteiger partial charge in [-0.2, -0.15) is 4.68 Å². The highest BCUT2D eigenvalue weighted by Gasteiger charge is 2.28. The van der Waals surface area contributed by atoms with Gasteiger partial charge in [-0.3, -0.25) is 4.79 Å². The average Bonchev–Trinajstić information content (AvgIpc) is 2.82. The number of halogens is 1. The Labute approximate surface area is 120 Å². The molecule has 0 saturated carbocycles. The fourth-order valence-electron chi connectivity index (χ4n) is 2.13. The van der Waals surface area contributed by atoms with E-state index >= 15 is 0 Å². The number of benzene rings is 1. The van der Waals surface area contributed by atoms with E-state index in [0.717, 1.165) is 5.69 Å². The van der Waals surface area contributed by atoms with E-state index in [9.17, 15) is 4.79 Å². The zero-order chi connectivity index (χ0) is 14.1. The first-order valence-corrected chi connectivity index (χ1v) is 6.53. The third-order valence-corrected chi connectivity index (χ3v) is 3.18. The molecule has 0 saturated heterocycles. The molecule has 1 aliphatic heterocycles. The maximum atomic E-state index is 11.3. The highest BCUT2D eigenvalue weighted by Crippen LogP contribution is 2.32. The topological polar surface area (TPSA) is 72.2 Å². The summed E-state index contributed by atoms with van der Waals surface area (Å²) in [6, 6.07) is 9.19. The molecule has 20 heavy (non-hydrogen) atoms. The van der Waals surface area contributed by atoms with Crippen LogP contribution in [0.2, 0.25) is 0 Å². The molecule has 0 radical (unpaired) electrons. The van der Waals surface area contributed by atoms with Gasteiger partial charge in [0.2, 0.25) is 0 Å². The number of rotatable bonds is 3. The average molecular weight is 290 g/mol. The van der Waals surface area contributed by atoms with Crippen LogP contribution in [0.3, 0.4) is 0 Å². The van der Waals surface area contributed by atoms with E-state index in [1.54, 1.807) is 4.68 Å². The number of carbonyl (C=O) groups is 1. The van der Waals surface area contributed by atoms with E-state index < -0.39 is 0 Å². The van der Waals surface area contributed by atoms with E-state index in [2.05, 4.69) is 20.6 Å². The summed E-state index contributed by atoms with van der Waals surface area (Å²) in [5.74, 6) is 0.688. The van der Waals surface area contributed by atoms with Gasteiger partial charge in [0.15, 0.2) is 11.1 Å². The summed E-state index contributed by atoms with van der Waals surface area (Å²) in [6.07, 6.45) is 0.262. The SMILES string of the molecule is CC(=O)CC1N=C(Cl)Nc2c1nnn2-c1ccccc1. The summed E-state index contributed by atoms with van der Waals surface area (Å²) < 4.78 is 1.65. The van der Waals surface area contributed by atoms with Crippen LogP contribution in [0.4, 0.5) is 5.82 Å². The van der Waals surface area contributed by atoms with E-state index in [-0.39, 0.29) is 23.5 Å². The summed E-state index contributed by atoms with van der Waals surface area (Å²) >= 11 is 6.00. The van der Waals surface area contributed by atoms with Crippen LogP contribution in [0.15, 0.2) is 35.3 Å². The van der Waals surface area contributed by atoms with E-state index in [4.69, 9.17) is 11.6 Å². The van der Waals surface area contributed by atoms with Crippen molar-refractivity contribution in [1.82, 2.24) is 15.0 Å². The second-order valence-electron chi connectivity index (χ2n) is 4.54. The van der Waals surface area contributed by atoms with Gasteiger partial charge in [0.25, 0.3) is 0 Å². The molecule has 0 aliphatic carbocycles. The summed E-state index contributed by atoms with van der Waals surface area (Å²) in [7, 11) is 0. The Morgan fingerprint density at radius 2 is 2.15 bits per heavy atom. The smallest absolute Gasteiger partial charge is 0.197 e. The molecule has 0 spiro atoms. The van der Waals surface area contributed by atoms with Gasteiger partial charge in [-0.05, 0) is 30.7 Å². The van der Waals surface area contributed by atoms with Crippen LogP contribution in [0.25, 0.3) is 5.69 Å². The number of ketones is 1. The quantitative estimate of drug-likeness (QED) is 0.880. The van der Waals surface area contributed by atoms with Gasteiger partial charge < -0.3 is 5.32 Å². The van der Waals surface area contributed by atoms with Crippen LogP contribution in [0.5, 0.6) is 0 Å². The van der Waals surface area contributed by atoms with Gasteiger partial charge in [-0.25, -0.2) is 4.99 Å². The summed E-state index contributed by atoms with van der Waals surface area (Å²) in [6.45, 7) is 1.52. The van der Waals surface area contributed by atoms with Gasteiger partial charge in [-0.1, -0.05) is 23.4 Å². The minimum absolute atomic E-state index is 0.0327. The van der Waals surface area contributed by atoms with Crippen molar-refractivity contribution in [2.75, 3.05) is 5.32 Å². The fraction of sp³-hybridized carbons (Fsp3) is 0.231.